The van der Waals surface area contributed by atoms with Gasteiger partial charge in [0.15, 0.2) is 5.58 Å². The Kier molecular flexibility index (Phi) is 11.7. The predicted octanol–water partition coefficient (Wildman–Crippen LogP) is 24.3. The molecule has 0 N–H and O–H groups in total. The van der Waals surface area contributed by atoms with E-state index in [0.717, 1.165) is 72.4 Å². The highest BCUT2D eigenvalue weighted by Crippen LogP contribution is 2.44. The third kappa shape index (κ3) is 8.29. The lowest BCUT2D eigenvalue weighted by atomic mass is 10.00. The Balaban J connectivity index is 0.630. The topological polar surface area (TPSA) is 32.9 Å². The molecule has 5 heteroatoms. The summed E-state index contributed by atoms with van der Waals surface area (Å²) in [7, 11) is 0. The molecule has 0 saturated heterocycles. The Bertz CT molecular complexity index is 6490. The maximum absolute atomic E-state index is 6.98. The minimum Gasteiger partial charge on any atom is -0.454 e. The smallest absolute Gasteiger partial charge is 0.159 e. The molecule has 0 spiro atoms. The van der Waals surface area contributed by atoms with Gasteiger partial charge >= 0.3 is 0 Å². The molecule has 0 atom stereocenters. The van der Waals surface area contributed by atoms with Crippen molar-refractivity contribution in [3.05, 3.63) is 340 Å². The van der Waals surface area contributed by atoms with E-state index in [1.807, 2.05) is 0 Å². The summed E-state index contributed by atoms with van der Waals surface area (Å²) < 4.78 is 16.6. The lowest BCUT2D eigenvalue weighted by Gasteiger charge is -2.11. The van der Waals surface area contributed by atoms with E-state index >= 15 is 0 Å². The zero-order valence-electron chi connectivity index (χ0n) is 51.5. The van der Waals surface area contributed by atoms with Crippen LogP contribution in [0.5, 0.6) is 0 Å². The van der Waals surface area contributed by atoms with Crippen LogP contribution < -0.4 is 0 Å². The fourth-order valence-electron chi connectivity index (χ4n) is 15.5. The average Bonchev–Trinajstić information content (AvgIpc) is 1.60. The van der Waals surface area contributed by atoms with Crippen molar-refractivity contribution in [2.75, 3.05) is 0 Å². The molecule has 0 bridgehead atoms. The molecular formula is C90H56N4O. The third-order valence-corrected chi connectivity index (χ3v) is 20.0. The first-order valence-corrected chi connectivity index (χ1v) is 32.6. The van der Waals surface area contributed by atoms with Crippen molar-refractivity contribution in [2.45, 2.75) is 0 Å². The van der Waals surface area contributed by atoms with Gasteiger partial charge in [-0.15, -0.1) is 0 Å². The number of benzene rings is 15. The van der Waals surface area contributed by atoms with Crippen LogP contribution in [0.2, 0.25) is 0 Å². The summed E-state index contributed by atoms with van der Waals surface area (Å²) in [6, 6.07) is 124. The minimum atomic E-state index is 0.856. The van der Waals surface area contributed by atoms with E-state index in [1.165, 1.54) is 115 Å². The molecule has 5 aromatic heterocycles. The standard InChI is InChI=1S/C90H56N4O/c1-3-17-57(18-4-1)58-33-35-59(36-34-58)60-37-44-68(45-38-60)92-81-29-12-8-24-71(81)76-53-62(40-47-85(76)92)64-41-48-86-77(54-64)72-25-9-13-30-82(72)93(86)69-22-15-19-61(51-69)66-43-50-89-79(56-66)74-27-16-32-88(90(74)95-89)94-83-31-14-10-26-73(83)78-55-65(42-49-87(78)94)63-39-46-84-75(52-63)70-23-7-11-28-80(70)91(84)67-20-5-2-6-21-67/h1-56H. The fourth-order valence-corrected chi connectivity index (χ4v) is 15.5. The van der Waals surface area contributed by atoms with Crippen molar-refractivity contribution < 1.29 is 4.42 Å². The van der Waals surface area contributed by atoms with Crippen molar-refractivity contribution in [3.63, 3.8) is 0 Å². The molecule has 0 aliphatic heterocycles. The van der Waals surface area contributed by atoms with Crippen LogP contribution in [0.4, 0.5) is 0 Å². The largest absolute Gasteiger partial charge is 0.454 e. The Hall–Kier alpha value is -12.7. The second-order valence-corrected chi connectivity index (χ2v) is 25.2. The van der Waals surface area contributed by atoms with Crippen LogP contribution in [0.3, 0.4) is 0 Å². The molecule has 0 saturated carbocycles. The summed E-state index contributed by atoms with van der Waals surface area (Å²) in [5, 5.41) is 11.9. The second kappa shape index (κ2) is 20.9. The summed E-state index contributed by atoms with van der Waals surface area (Å²) in [5.74, 6) is 0. The predicted molar refractivity (Wildman–Crippen MR) is 398 cm³/mol. The molecule has 0 radical (unpaired) electrons. The van der Waals surface area contributed by atoms with Crippen LogP contribution in [-0.2, 0) is 0 Å². The molecule has 0 unspecified atom stereocenters. The first-order valence-electron chi connectivity index (χ1n) is 32.6. The monoisotopic (exact) mass is 1210 g/mol. The number of rotatable bonds is 9. The summed E-state index contributed by atoms with van der Waals surface area (Å²) in [6.07, 6.45) is 0. The number of hydrogen-bond donors (Lipinski definition) is 0. The van der Waals surface area contributed by atoms with Crippen LogP contribution >= 0.6 is 0 Å². The number of hydrogen-bond acceptors (Lipinski definition) is 1. The van der Waals surface area contributed by atoms with Crippen LogP contribution in [0.15, 0.2) is 344 Å². The van der Waals surface area contributed by atoms with Gasteiger partial charge in [-0.3, -0.25) is 0 Å². The third-order valence-electron chi connectivity index (χ3n) is 20.0. The Morgan fingerprint density at radius 3 is 0.968 bits per heavy atom. The van der Waals surface area contributed by atoms with E-state index in [9.17, 15) is 0 Å². The lowest BCUT2D eigenvalue weighted by molar-refractivity contribution is 0.666. The lowest BCUT2D eigenvalue weighted by Crippen LogP contribution is -1.94. The number of fused-ring (bicyclic) bond motifs is 15. The van der Waals surface area contributed by atoms with Gasteiger partial charge in [0, 0.05) is 70.9 Å². The van der Waals surface area contributed by atoms with Crippen molar-refractivity contribution in [1.29, 1.82) is 0 Å². The summed E-state index contributed by atoms with van der Waals surface area (Å²) in [4.78, 5) is 0. The van der Waals surface area contributed by atoms with Gasteiger partial charge in [-0.1, -0.05) is 212 Å². The molecule has 0 amide bonds. The molecule has 0 aliphatic rings. The summed E-state index contributed by atoms with van der Waals surface area (Å²) in [6.45, 7) is 0. The van der Waals surface area contributed by atoms with Crippen molar-refractivity contribution in [2.24, 2.45) is 0 Å². The highest BCUT2D eigenvalue weighted by molar-refractivity contribution is 6.16. The number of furan rings is 1. The summed E-state index contributed by atoms with van der Waals surface area (Å²) >= 11 is 0. The zero-order valence-corrected chi connectivity index (χ0v) is 51.5. The number of para-hydroxylation sites is 6. The zero-order chi connectivity index (χ0) is 62.2. The summed E-state index contributed by atoms with van der Waals surface area (Å²) in [5.41, 5.74) is 27.3. The van der Waals surface area contributed by atoms with Gasteiger partial charge in [-0.05, 0) is 183 Å². The highest BCUT2D eigenvalue weighted by atomic mass is 16.3. The van der Waals surface area contributed by atoms with Gasteiger partial charge in [-0.2, -0.15) is 0 Å². The SMILES string of the molecule is c1ccc(-c2ccc(-c3ccc(-n4c5ccccc5c5cc(-c6ccc7c(c6)c6ccccc6n7-c6cccc(-c7ccc8oc9c(-n%10c%11ccccc%11c%11cc(-c%12ccc%13c(c%12)c%12ccccc%12n%13-c%12ccccc%12)ccc%11%10)cccc9c8c7)c6)ccc54)cc3)cc2)cc1. The van der Waals surface area contributed by atoms with Crippen LogP contribution in [0, 0.1) is 0 Å². The highest BCUT2D eigenvalue weighted by Gasteiger charge is 2.22. The molecule has 95 heavy (non-hydrogen) atoms. The van der Waals surface area contributed by atoms with Crippen LogP contribution in [0.25, 0.3) is 188 Å². The van der Waals surface area contributed by atoms with Gasteiger partial charge in [0.05, 0.1) is 49.8 Å². The second-order valence-electron chi connectivity index (χ2n) is 25.2. The first kappa shape index (κ1) is 53.0. The van der Waals surface area contributed by atoms with Crippen LogP contribution in [0.1, 0.15) is 0 Å². The van der Waals surface area contributed by atoms with E-state index in [-0.39, 0.29) is 0 Å². The van der Waals surface area contributed by atoms with Gasteiger partial charge in [0.1, 0.15) is 5.58 Å². The average molecular weight is 1210 g/mol. The minimum absolute atomic E-state index is 0.856. The maximum atomic E-state index is 6.98. The fraction of sp³-hybridized carbons (Fsp3) is 0. The van der Waals surface area contributed by atoms with E-state index in [4.69, 9.17) is 4.42 Å². The Morgan fingerprint density at radius 1 is 0.168 bits per heavy atom. The van der Waals surface area contributed by atoms with Gasteiger partial charge in [0.2, 0.25) is 0 Å². The molecule has 442 valence electrons. The van der Waals surface area contributed by atoms with E-state index in [2.05, 4.69) is 358 Å². The molecular weight excluding hydrogens is 1150 g/mol. The van der Waals surface area contributed by atoms with Crippen molar-refractivity contribution >= 4 is 109 Å². The molecule has 15 aromatic carbocycles. The van der Waals surface area contributed by atoms with Crippen molar-refractivity contribution in [1.82, 2.24) is 18.3 Å². The Labute approximate surface area is 546 Å². The van der Waals surface area contributed by atoms with Crippen molar-refractivity contribution in [3.8, 4) is 78.4 Å². The number of nitrogens with zero attached hydrogens (tertiary/aromatic N) is 4. The molecule has 20 rings (SSSR count). The first-order chi connectivity index (χ1) is 47.1. The maximum Gasteiger partial charge on any atom is 0.159 e. The normalized spacial score (nSPS) is 12.0. The number of aromatic nitrogens is 4. The Morgan fingerprint density at radius 2 is 0.474 bits per heavy atom. The van der Waals surface area contributed by atoms with E-state index in [0.29, 0.717) is 0 Å². The van der Waals surface area contributed by atoms with E-state index in [1.54, 1.807) is 0 Å². The quantitative estimate of drug-likeness (QED) is 0.142. The van der Waals surface area contributed by atoms with Gasteiger partial charge in [0.25, 0.3) is 0 Å². The molecule has 0 fully saturated rings. The van der Waals surface area contributed by atoms with Gasteiger partial charge < -0.3 is 22.7 Å². The molecule has 5 nitrogen and oxygen atoms in total. The molecule has 0 aliphatic carbocycles. The molecule has 20 aromatic rings. The van der Waals surface area contributed by atoms with Gasteiger partial charge in [-0.25, -0.2) is 0 Å². The van der Waals surface area contributed by atoms with Crippen LogP contribution in [-0.4, -0.2) is 18.3 Å². The molecule has 5 heterocycles. The van der Waals surface area contributed by atoms with E-state index < -0.39 is 0 Å².